The lowest BCUT2D eigenvalue weighted by atomic mass is 9.85. The smallest absolute Gasteiger partial charge is 0.333 e. The molecule has 0 heterocycles. The Labute approximate surface area is 208 Å². The van der Waals surface area contributed by atoms with Gasteiger partial charge in [-0.1, -0.05) is 57.2 Å². The van der Waals surface area contributed by atoms with E-state index >= 15 is 0 Å². The summed E-state index contributed by atoms with van der Waals surface area (Å²) >= 11 is 0. The number of esters is 4. The summed E-state index contributed by atoms with van der Waals surface area (Å²) in [6.07, 6.45) is 1.96. The number of hydrogen-bond acceptors (Lipinski definition) is 8. The molecule has 0 aromatic heterocycles. The van der Waals surface area contributed by atoms with Crippen molar-refractivity contribution in [3.8, 4) is 0 Å². The first-order valence-electron chi connectivity index (χ1n) is 11.8. The molecule has 1 rings (SSSR count). The van der Waals surface area contributed by atoms with Gasteiger partial charge in [0.05, 0.1) is 0 Å². The lowest BCUT2D eigenvalue weighted by Gasteiger charge is -2.23. The van der Waals surface area contributed by atoms with Crippen molar-refractivity contribution in [3.63, 3.8) is 0 Å². The molecule has 0 bridgehead atoms. The molecule has 0 radical (unpaired) electrons. The van der Waals surface area contributed by atoms with Gasteiger partial charge >= 0.3 is 23.9 Å². The number of rotatable bonds is 14. The summed E-state index contributed by atoms with van der Waals surface area (Å²) in [5, 5.41) is 0. The molecule has 0 aliphatic carbocycles. The maximum absolute atomic E-state index is 12.4. The minimum Gasteiger partial charge on any atom is -0.462 e. The molecule has 35 heavy (non-hydrogen) atoms. The van der Waals surface area contributed by atoms with Gasteiger partial charge < -0.3 is 18.9 Å². The van der Waals surface area contributed by atoms with E-state index in [0.29, 0.717) is 5.57 Å². The monoisotopic (exact) mass is 490 g/mol. The van der Waals surface area contributed by atoms with Gasteiger partial charge in [0.15, 0.2) is 6.10 Å². The molecule has 194 valence electrons. The molecule has 0 saturated carbocycles. The lowest BCUT2D eigenvalue weighted by molar-refractivity contribution is -0.166. The Bertz CT molecular complexity index is 843. The molecule has 0 spiro atoms. The van der Waals surface area contributed by atoms with Crippen molar-refractivity contribution in [2.75, 3.05) is 13.2 Å². The molecule has 3 unspecified atom stereocenters. The number of carbonyl (C=O) groups is 4. The second-order valence-corrected chi connectivity index (χ2v) is 9.00. The fraction of sp³-hybridized carbons (Fsp3) is 0.556. The number of ether oxygens (including phenoxy) is 4. The van der Waals surface area contributed by atoms with Crippen molar-refractivity contribution < 1.29 is 38.1 Å². The third kappa shape index (κ3) is 13.3. The van der Waals surface area contributed by atoms with Crippen molar-refractivity contribution >= 4 is 23.9 Å². The molecule has 8 nitrogen and oxygen atoms in total. The van der Waals surface area contributed by atoms with Gasteiger partial charge in [0, 0.05) is 25.8 Å². The van der Waals surface area contributed by atoms with Crippen LogP contribution >= 0.6 is 0 Å². The minimum absolute atomic E-state index is 0.00629. The van der Waals surface area contributed by atoms with Crippen molar-refractivity contribution in [3.05, 3.63) is 47.5 Å². The summed E-state index contributed by atoms with van der Waals surface area (Å²) in [6, 6.07) is 9.50. The van der Waals surface area contributed by atoms with E-state index in [0.717, 1.165) is 12.0 Å². The predicted octanol–water partition coefficient (Wildman–Crippen LogP) is 4.40. The summed E-state index contributed by atoms with van der Waals surface area (Å²) in [7, 11) is 0. The van der Waals surface area contributed by atoms with Gasteiger partial charge in [-0.05, 0) is 36.7 Å². The lowest BCUT2D eigenvalue weighted by Crippen LogP contribution is -2.31. The van der Waals surface area contributed by atoms with Crippen LogP contribution in [0.5, 0.6) is 0 Å². The quantitative estimate of drug-likeness (QED) is 0.215. The Morgan fingerprint density at radius 3 is 1.94 bits per heavy atom. The van der Waals surface area contributed by atoms with Crippen molar-refractivity contribution in [2.45, 2.75) is 67.1 Å². The maximum Gasteiger partial charge on any atom is 0.333 e. The number of allylic oxidation sites excluding steroid dienone is 1. The molecule has 0 N–H and O–H groups in total. The molecule has 0 amide bonds. The van der Waals surface area contributed by atoms with Crippen molar-refractivity contribution in [2.24, 2.45) is 17.8 Å². The van der Waals surface area contributed by atoms with Gasteiger partial charge in [-0.25, -0.2) is 4.79 Å². The normalized spacial score (nSPS) is 14.0. The average Bonchev–Trinajstić information content (AvgIpc) is 2.79. The van der Waals surface area contributed by atoms with Crippen LogP contribution in [0.15, 0.2) is 42.0 Å². The van der Waals surface area contributed by atoms with Crippen molar-refractivity contribution in [1.82, 2.24) is 0 Å². The van der Waals surface area contributed by atoms with Crippen molar-refractivity contribution in [1.29, 1.82) is 0 Å². The highest BCUT2D eigenvalue weighted by atomic mass is 16.6. The summed E-state index contributed by atoms with van der Waals surface area (Å²) in [6.45, 7) is 10.1. The fourth-order valence-corrected chi connectivity index (χ4v) is 3.45. The SMILES string of the molecule is CC(=O)OCC(COC(C)=O)OC(=O)CC(C)C(C)CC(C)/C=C(\C)C(=O)OCc1ccccc1. The van der Waals surface area contributed by atoms with Crippen LogP contribution in [0.2, 0.25) is 0 Å². The fourth-order valence-electron chi connectivity index (χ4n) is 3.45. The molecule has 0 saturated heterocycles. The first-order valence-corrected chi connectivity index (χ1v) is 11.8. The number of hydrogen-bond donors (Lipinski definition) is 0. The van der Waals surface area contributed by atoms with Crippen LogP contribution in [0.25, 0.3) is 0 Å². The Morgan fingerprint density at radius 1 is 0.829 bits per heavy atom. The van der Waals surface area contributed by atoms with Crippen LogP contribution < -0.4 is 0 Å². The third-order valence-corrected chi connectivity index (χ3v) is 5.52. The van der Waals surface area contributed by atoms with Crippen LogP contribution in [-0.4, -0.2) is 43.2 Å². The predicted molar refractivity (Wildman–Crippen MR) is 130 cm³/mol. The average molecular weight is 491 g/mol. The van der Waals surface area contributed by atoms with Crippen LogP contribution in [0.1, 0.15) is 59.9 Å². The summed E-state index contributed by atoms with van der Waals surface area (Å²) < 4.78 is 20.5. The Kier molecular flexibility index (Phi) is 13.4. The van der Waals surface area contributed by atoms with Crippen LogP contribution in [0.4, 0.5) is 0 Å². The Balaban J connectivity index is 2.52. The Morgan fingerprint density at radius 2 is 1.40 bits per heavy atom. The van der Waals surface area contributed by atoms with Crippen LogP contribution in [0.3, 0.4) is 0 Å². The van der Waals surface area contributed by atoms with E-state index in [1.54, 1.807) is 6.92 Å². The summed E-state index contributed by atoms with van der Waals surface area (Å²) in [5.74, 6) is -1.56. The summed E-state index contributed by atoms with van der Waals surface area (Å²) in [5.41, 5.74) is 1.48. The van der Waals surface area contributed by atoms with E-state index in [1.807, 2.05) is 57.2 Å². The van der Waals surface area contributed by atoms with Crippen LogP contribution in [0, 0.1) is 17.8 Å². The van der Waals surface area contributed by atoms with E-state index in [9.17, 15) is 19.2 Å². The highest BCUT2D eigenvalue weighted by Crippen LogP contribution is 2.25. The second kappa shape index (κ2) is 15.7. The highest BCUT2D eigenvalue weighted by molar-refractivity contribution is 5.87. The summed E-state index contributed by atoms with van der Waals surface area (Å²) in [4.78, 5) is 46.8. The largest absolute Gasteiger partial charge is 0.462 e. The van der Waals surface area contributed by atoms with E-state index in [1.165, 1.54) is 13.8 Å². The zero-order valence-corrected chi connectivity index (χ0v) is 21.6. The topological polar surface area (TPSA) is 105 Å². The number of benzene rings is 1. The molecule has 1 aromatic rings. The van der Waals surface area contributed by atoms with E-state index < -0.39 is 24.0 Å². The van der Waals surface area contributed by atoms with E-state index in [-0.39, 0.29) is 50.0 Å². The van der Waals surface area contributed by atoms with Crippen LogP contribution in [-0.2, 0) is 44.7 Å². The molecule has 0 fully saturated rings. The van der Waals surface area contributed by atoms with E-state index in [4.69, 9.17) is 18.9 Å². The maximum atomic E-state index is 12.4. The first-order chi connectivity index (χ1) is 16.5. The third-order valence-electron chi connectivity index (χ3n) is 5.52. The Hall–Kier alpha value is -3.16. The molecule has 3 atom stereocenters. The molecule has 8 heteroatoms. The van der Waals surface area contributed by atoms with Gasteiger partial charge in [-0.15, -0.1) is 0 Å². The van der Waals surface area contributed by atoms with Gasteiger partial charge in [-0.2, -0.15) is 0 Å². The molecule has 0 aliphatic rings. The zero-order valence-electron chi connectivity index (χ0n) is 21.6. The first kappa shape index (κ1) is 29.9. The molecular weight excluding hydrogens is 452 g/mol. The molecular formula is C27H38O8. The number of carbonyl (C=O) groups excluding carboxylic acids is 4. The second-order valence-electron chi connectivity index (χ2n) is 9.00. The minimum atomic E-state index is -0.857. The standard InChI is InChI=1S/C27H38O8/c1-18(13-21(4)27(31)34-15-24-10-8-7-9-11-24)12-19(2)20(3)14-26(30)35-25(16-32-22(5)28)17-33-23(6)29/h7-11,13,18-20,25H,12,14-17H2,1-6H3/b21-13+. The van der Waals surface area contributed by atoms with Gasteiger partial charge in [0.2, 0.25) is 0 Å². The van der Waals surface area contributed by atoms with Gasteiger partial charge in [0.25, 0.3) is 0 Å². The van der Waals surface area contributed by atoms with Gasteiger partial charge in [0.1, 0.15) is 19.8 Å². The highest BCUT2D eigenvalue weighted by Gasteiger charge is 2.23. The zero-order chi connectivity index (χ0) is 26.4. The van der Waals surface area contributed by atoms with E-state index in [2.05, 4.69) is 0 Å². The van der Waals surface area contributed by atoms with Gasteiger partial charge in [-0.3, -0.25) is 14.4 Å². The molecule has 0 aliphatic heterocycles. The molecule has 1 aromatic carbocycles.